The zero-order valence-corrected chi connectivity index (χ0v) is 10.1. The minimum atomic E-state index is -0.544. The van der Waals surface area contributed by atoms with Gasteiger partial charge in [0, 0.05) is 11.8 Å². The second-order valence-corrected chi connectivity index (χ2v) is 3.54. The van der Waals surface area contributed by atoms with Crippen LogP contribution in [0.1, 0.15) is 26.5 Å². The molecule has 0 saturated heterocycles. The maximum atomic E-state index is 11.5. The number of nitrogens with zero attached hydrogens (tertiary/aromatic N) is 3. The van der Waals surface area contributed by atoms with E-state index in [1.807, 2.05) is 0 Å². The number of carbonyl (C=O) groups excluding carboxylic acids is 2. The largest absolute Gasteiger partial charge is 0.464 e. The van der Waals surface area contributed by atoms with Gasteiger partial charge >= 0.3 is 11.9 Å². The van der Waals surface area contributed by atoms with E-state index in [0.29, 0.717) is 11.2 Å². The smallest absolute Gasteiger partial charge is 0.358 e. The molecule has 0 amide bonds. The van der Waals surface area contributed by atoms with Crippen molar-refractivity contribution in [3.63, 3.8) is 0 Å². The van der Waals surface area contributed by atoms with Gasteiger partial charge in [-0.15, -0.1) is 0 Å². The first-order valence-corrected chi connectivity index (χ1v) is 5.11. The fourth-order valence-corrected chi connectivity index (χ4v) is 1.55. The molecular weight excluding hydrogens is 238 g/mol. The molecule has 0 aliphatic rings. The SMILES string of the molecule is COC(=O)c1ccn2nc(C(=O)OC)c(C)c2n1. The van der Waals surface area contributed by atoms with E-state index in [2.05, 4.69) is 19.6 Å². The van der Waals surface area contributed by atoms with E-state index in [1.54, 1.807) is 6.92 Å². The van der Waals surface area contributed by atoms with Crippen molar-refractivity contribution in [2.24, 2.45) is 0 Å². The lowest BCUT2D eigenvalue weighted by Crippen LogP contribution is -2.05. The van der Waals surface area contributed by atoms with Gasteiger partial charge in [-0.3, -0.25) is 0 Å². The number of hydrogen-bond acceptors (Lipinski definition) is 6. The Hall–Kier alpha value is -2.44. The van der Waals surface area contributed by atoms with Crippen LogP contribution in [0.4, 0.5) is 0 Å². The molecule has 2 heterocycles. The average Bonchev–Trinajstić information content (AvgIpc) is 2.74. The molecule has 0 radical (unpaired) electrons. The number of aryl methyl sites for hydroxylation is 1. The van der Waals surface area contributed by atoms with Gasteiger partial charge in [0.2, 0.25) is 0 Å². The predicted molar refractivity (Wildman–Crippen MR) is 60.4 cm³/mol. The Bertz CT molecular complexity index is 632. The minimum Gasteiger partial charge on any atom is -0.464 e. The highest BCUT2D eigenvalue weighted by atomic mass is 16.5. The fourth-order valence-electron chi connectivity index (χ4n) is 1.55. The number of carbonyl (C=O) groups is 2. The van der Waals surface area contributed by atoms with Crippen LogP contribution in [0, 0.1) is 6.92 Å². The van der Waals surface area contributed by atoms with Gasteiger partial charge in [-0.2, -0.15) is 5.10 Å². The molecule has 7 nitrogen and oxygen atoms in total. The topological polar surface area (TPSA) is 82.8 Å². The minimum absolute atomic E-state index is 0.157. The van der Waals surface area contributed by atoms with Gasteiger partial charge in [0.15, 0.2) is 17.0 Å². The lowest BCUT2D eigenvalue weighted by Gasteiger charge is -1.98. The molecule has 0 saturated carbocycles. The summed E-state index contributed by atoms with van der Waals surface area (Å²) in [7, 11) is 2.55. The summed E-state index contributed by atoms with van der Waals surface area (Å²) in [5, 5.41) is 4.04. The lowest BCUT2D eigenvalue weighted by atomic mass is 10.2. The number of aromatic nitrogens is 3. The maximum Gasteiger partial charge on any atom is 0.358 e. The Morgan fingerprint density at radius 1 is 1.22 bits per heavy atom. The van der Waals surface area contributed by atoms with Gasteiger partial charge in [-0.1, -0.05) is 0 Å². The van der Waals surface area contributed by atoms with E-state index in [4.69, 9.17) is 0 Å². The van der Waals surface area contributed by atoms with Crippen LogP contribution >= 0.6 is 0 Å². The van der Waals surface area contributed by atoms with E-state index in [9.17, 15) is 9.59 Å². The van der Waals surface area contributed by atoms with Gasteiger partial charge in [0.25, 0.3) is 0 Å². The molecule has 7 heteroatoms. The summed E-state index contributed by atoms with van der Waals surface area (Å²) < 4.78 is 10.6. The molecule has 94 valence electrons. The van der Waals surface area contributed by atoms with Crippen molar-refractivity contribution in [2.75, 3.05) is 14.2 Å². The van der Waals surface area contributed by atoms with E-state index >= 15 is 0 Å². The first kappa shape index (κ1) is 12.0. The lowest BCUT2D eigenvalue weighted by molar-refractivity contribution is 0.0584. The third kappa shape index (κ3) is 1.79. The number of hydrogen-bond donors (Lipinski definition) is 0. The third-order valence-corrected chi connectivity index (χ3v) is 2.49. The molecule has 0 unspecified atom stereocenters. The van der Waals surface area contributed by atoms with Gasteiger partial charge in [0.05, 0.1) is 14.2 Å². The monoisotopic (exact) mass is 249 g/mol. The molecule has 0 atom stereocenters. The first-order valence-electron chi connectivity index (χ1n) is 5.11. The molecule has 0 aliphatic carbocycles. The van der Waals surface area contributed by atoms with E-state index in [1.165, 1.54) is 31.0 Å². The van der Waals surface area contributed by atoms with Crippen LogP contribution in [0.25, 0.3) is 5.65 Å². The van der Waals surface area contributed by atoms with Crippen LogP contribution in [0.15, 0.2) is 12.3 Å². The summed E-state index contributed by atoms with van der Waals surface area (Å²) in [4.78, 5) is 26.9. The zero-order chi connectivity index (χ0) is 13.3. The molecule has 0 spiro atoms. The van der Waals surface area contributed by atoms with Gasteiger partial charge in [-0.25, -0.2) is 19.1 Å². The summed E-state index contributed by atoms with van der Waals surface area (Å²) >= 11 is 0. The van der Waals surface area contributed by atoms with Crippen LogP contribution < -0.4 is 0 Å². The van der Waals surface area contributed by atoms with Crippen LogP contribution in [0.5, 0.6) is 0 Å². The third-order valence-electron chi connectivity index (χ3n) is 2.49. The van der Waals surface area contributed by atoms with Crippen molar-refractivity contribution < 1.29 is 19.1 Å². The molecule has 0 aromatic carbocycles. The standard InChI is InChI=1S/C11H11N3O4/c1-6-8(11(16)18-3)13-14-5-4-7(10(15)17-2)12-9(6)14/h4-5H,1-3H3. The van der Waals surface area contributed by atoms with Crippen molar-refractivity contribution >= 4 is 17.6 Å². The van der Waals surface area contributed by atoms with Crippen molar-refractivity contribution in [3.05, 3.63) is 29.2 Å². The van der Waals surface area contributed by atoms with Crippen LogP contribution in [0.2, 0.25) is 0 Å². The molecule has 2 aromatic rings. The van der Waals surface area contributed by atoms with E-state index in [-0.39, 0.29) is 11.4 Å². The van der Waals surface area contributed by atoms with Gasteiger partial charge in [-0.05, 0) is 13.0 Å². The predicted octanol–water partition coefficient (Wildman–Crippen LogP) is 0.611. The second-order valence-electron chi connectivity index (χ2n) is 3.54. The number of esters is 2. The van der Waals surface area contributed by atoms with Crippen molar-refractivity contribution in [3.8, 4) is 0 Å². The molecule has 0 aliphatic heterocycles. The van der Waals surface area contributed by atoms with Crippen molar-refractivity contribution in [2.45, 2.75) is 6.92 Å². The second kappa shape index (κ2) is 4.44. The molecular formula is C11H11N3O4. The Kier molecular flexibility index (Phi) is 2.97. The van der Waals surface area contributed by atoms with Crippen LogP contribution in [-0.2, 0) is 9.47 Å². The Balaban J connectivity index is 2.60. The normalized spacial score (nSPS) is 10.4. The molecule has 0 bridgehead atoms. The van der Waals surface area contributed by atoms with E-state index in [0.717, 1.165) is 0 Å². The van der Waals surface area contributed by atoms with E-state index < -0.39 is 11.9 Å². The zero-order valence-electron chi connectivity index (χ0n) is 10.1. The summed E-state index contributed by atoms with van der Waals surface area (Å²) in [6.45, 7) is 1.68. The first-order chi connectivity index (χ1) is 8.58. The van der Waals surface area contributed by atoms with Crippen LogP contribution in [-0.4, -0.2) is 40.8 Å². The average molecular weight is 249 g/mol. The van der Waals surface area contributed by atoms with Crippen molar-refractivity contribution in [1.82, 2.24) is 14.6 Å². The quantitative estimate of drug-likeness (QED) is 0.725. The van der Waals surface area contributed by atoms with Gasteiger partial charge < -0.3 is 9.47 Å². The molecule has 18 heavy (non-hydrogen) atoms. The number of rotatable bonds is 2. The molecule has 0 N–H and O–H groups in total. The molecule has 0 fully saturated rings. The Labute approximate surface area is 102 Å². The highest BCUT2D eigenvalue weighted by Gasteiger charge is 2.19. The summed E-state index contributed by atoms with van der Waals surface area (Å²) in [6, 6.07) is 1.46. The highest BCUT2D eigenvalue weighted by Crippen LogP contribution is 2.14. The Morgan fingerprint density at radius 3 is 2.50 bits per heavy atom. The highest BCUT2D eigenvalue weighted by molar-refractivity contribution is 5.91. The molecule has 2 rings (SSSR count). The number of methoxy groups -OCH3 is 2. The number of ether oxygens (including phenoxy) is 2. The summed E-state index contributed by atoms with van der Waals surface area (Å²) in [5.41, 5.74) is 1.29. The molecule has 2 aromatic heterocycles. The number of fused-ring (bicyclic) bond motifs is 1. The van der Waals surface area contributed by atoms with Crippen molar-refractivity contribution in [1.29, 1.82) is 0 Å². The maximum absolute atomic E-state index is 11.5. The van der Waals surface area contributed by atoms with Gasteiger partial charge in [0.1, 0.15) is 0 Å². The summed E-state index contributed by atoms with van der Waals surface area (Å²) in [5.74, 6) is -1.09. The van der Waals surface area contributed by atoms with Crippen LogP contribution in [0.3, 0.4) is 0 Å². The fraction of sp³-hybridized carbons (Fsp3) is 0.273. The Morgan fingerprint density at radius 2 is 1.89 bits per heavy atom. The summed E-state index contributed by atoms with van der Waals surface area (Å²) in [6.07, 6.45) is 1.54.